The van der Waals surface area contributed by atoms with Gasteiger partial charge in [-0.25, -0.2) is 4.98 Å². The smallest absolute Gasteiger partial charge is 0.251 e. The summed E-state index contributed by atoms with van der Waals surface area (Å²) in [6, 6.07) is 11.2. The fourth-order valence-electron chi connectivity index (χ4n) is 1.81. The number of hydrogen-bond donors (Lipinski definition) is 2. The van der Waals surface area contributed by atoms with Gasteiger partial charge in [-0.05, 0) is 36.2 Å². The summed E-state index contributed by atoms with van der Waals surface area (Å²) >= 11 is 3.38. The maximum absolute atomic E-state index is 12.1. The molecule has 20 heavy (non-hydrogen) atoms. The molecule has 0 radical (unpaired) electrons. The normalized spacial score (nSPS) is 10.3. The molecule has 1 aromatic heterocycles. The molecule has 0 bridgehead atoms. The van der Waals surface area contributed by atoms with Gasteiger partial charge in [0.05, 0.1) is 0 Å². The van der Waals surface area contributed by atoms with E-state index in [1.54, 1.807) is 12.1 Å². The molecular weight excluding hydrogens is 318 g/mol. The Labute approximate surface area is 126 Å². The highest BCUT2D eigenvalue weighted by Crippen LogP contribution is 2.11. The number of anilines is 1. The van der Waals surface area contributed by atoms with E-state index in [1.807, 2.05) is 31.2 Å². The zero-order valence-electron chi connectivity index (χ0n) is 11.2. The maximum atomic E-state index is 12.1. The molecule has 104 valence electrons. The second-order valence-electron chi connectivity index (χ2n) is 4.43. The molecule has 4 nitrogen and oxygen atoms in total. The summed E-state index contributed by atoms with van der Waals surface area (Å²) in [5.74, 6) is 0.231. The number of aromatic nitrogens is 1. The molecule has 0 aliphatic carbocycles. The van der Waals surface area contributed by atoms with Crippen molar-refractivity contribution < 1.29 is 4.79 Å². The van der Waals surface area contributed by atoms with Gasteiger partial charge in [-0.15, -0.1) is 0 Å². The van der Waals surface area contributed by atoms with Crippen LogP contribution < -0.4 is 11.1 Å². The summed E-state index contributed by atoms with van der Waals surface area (Å²) in [7, 11) is 0. The number of halogens is 1. The SMILES string of the molecule is CCc1cc(C(=O)NCc2ccc(Br)cc2)cc(N)n1. The molecule has 5 heteroatoms. The highest BCUT2D eigenvalue weighted by atomic mass is 79.9. The van der Waals surface area contributed by atoms with Crippen LogP contribution in [0, 0.1) is 0 Å². The standard InChI is InChI=1S/C15H16BrN3O/c1-2-13-7-11(8-14(17)19-13)15(20)18-9-10-3-5-12(16)6-4-10/h3-8H,2,9H2,1H3,(H2,17,19)(H,18,20). The van der Waals surface area contributed by atoms with Crippen LogP contribution in [0.3, 0.4) is 0 Å². The second kappa shape index (κ2) is 6.52. The number of rotatable bonds is 4. The third-order valence-electron chi connectivity index (χ3n) is 2.89. The first-order chi connectivity index (χ1) is 9.58. The van der Waals surface area contributed by atoms with E-state index in [4.69, 9.17) is 5.73 Å². The number of nitrogens with one attached hydrogen (secondary N) is 1. The van der Waals surface area contributed by atoms with E-state index in [9.17, 15) is 4.79 Å². The summed E-state index contributed by atoms with van der Waals surface area (Å²) in [6.07, 6.45) is 0.748. The van der Waals surface area contributed by atoms with Gasteiger partial charge in [-0.3, -0.25) is 4.79 Å². The van der Waals surface area contributed by atoms with E-state index in [2.05, 4.69) is 26.2 Å². The van der Waals surface area contributed by atoms with Crippen LogP contribution >= 0.6 is 15.9 Å². The van der Waals surface area contributed by atoms with Gasteiger partial charge in [-0.2, -0.15) is 0 Å². The number of aryl methyl sites for hydroxylation is 1. The van der Waals surface area contributed by atoms with Gasteiger partial charge in [0.2, 0.25) is 0 Å². The average molecular weight is 334 g/mol. The highest BCUT2D eigenvalue weighted by molar-refractivity contribution is 9.10. The molecule has 0 fully saturated rings. The minimum Gasteiger partial charge on any atom is -0.384 e. The number of amides is 1. The topological polar surface area (TPSA) is 68.0 Å². The Bertz CT molecular complexity index is 611. The van der Waals surface area contributed by atoms with Gasteiger partial charge in [0.25, 0.3) is 5.91 Å². The number of benzene rings is 1. The Morgan fingerprint density at radius 1 is 1.30 bits per heavy atom. The Balaban J connectivity index is 2.04. The lowest BCUT2D eigenvalue weighted by atomic mass is 10.1. The van der Waals surface area contributed by atoms with E-state index in [0.717, 1.165) is 22.2 Å². The van der Waals surface area contributed by atoms with E-state index in [-0.39, 0.29) is 5.91 Å². The molecule has 0 spiro atoms. The molecule has 2 rings (SSSR count). The summed E-state index contributed by atoms with van der Waals surface area (Å²) in [6.45, 7) is 2.46. The van der Waals surface area contributed by atoms with Gasteiger partial charge in [-0.1, -0.05) is 35.0 Å². The quantitative estimate of drug-likeness (QED) is 0.903. The van der Waals surface area contributed by atoms with Gasteiger partial charge in [0.15, 0.2) is 0 Å². The fraction of sp³-hybridized carbons (Fsp3) is 0.200. The molecule has 0 aliphatic rings. The molecule has 0 saturated heterocycles. The van der Waals surface area contributed by atoms with Crippen molar-refractivity contribution in [1.82, 2.24) is 10.3 Å². The Hall–Kier alpha value is -1.88. The number of pyridine rings is 1. The lowest BCUT2D eigenvalue weighted by molar-refractivity contribution is 0.0950. The Morgan fingerprint density at radius 2 is 2.00 bits per heavy atom. The van der Waals surface area contributed by atoms with Crippen molar-refractivity contribution in [1.29, 1.82) is 0 Å². The number of carbonyl (C=O) groups is 1. The van der Waals surface area contributed by atoms with E-state index < -0.39 is 0 Å². The zero-order valence-corrected chi connectivity index (χ0v) is 12.8. The van der Waals surface area contributed by atoms with Crippen LogP contribution in [-0.4, -0.2) is 10.9 Å². The van der Waals surface area contributed by atoms with E-state index in [1.165, 1.54) is 0 Å². The third-order valence-corrected chi connectivity index (χ3v) is 3.42. The molecule has 0 atom stereocenters. The van der Waals surface area contributed by atoms with Crippen LogP contribution in [0.1, 0.15) is 28.5 Å². The van der Waals surface area contributed by atoms with Crippen molar-refractivity contribution >= 4 is 27.7 Å². The average Bonchev–Trinajstić information content (AvgIpc) is 2.45. The number of nitrogens with zero attached hydrogens (tertiary/aromatic N) is 1. The molecular formula is C15H16BrN3O. The number of hydrogen-bond acceptors (Lipinski definition) is 3. The number of carbonyl (C=O) groups excluding carboxylic acids is 1. The van der Waals surface area contributed by atoms with Gasteiger partial charge >= 0.3 is 0 Å². The van der Waals surface area contributed by atoms with E-state index in [0.29, 0.717) is 17.9 Å². The lowest BCUT2D eigenvalue weighted by Gasteiger charge is -2.07. The van der Waals surface area contributed by atoms with Crippen molar-refractivity contribution in [2.45, 2.75) is 19.9 Å². The molecule has 1 amide bonds. The molecule has 0 unspecified atom stereocenters. The lowest BCUT2D eigenvalue weighted by Crippen LogP contribution is -2.23. The molecule has 2 aromatic rings. The first kappa shape index (κ1) is 14.5. The molecule has 0 aliphatic heterocycles. The monoisotopic (exact) mass is 333 g/mol. The van der Waals surface area contributed by atoms with Crippen LogP contribution in [0.25, 0.3) is 0 Å². The van der Waals surface area contributed by atoms with Crippen LogP contribution in [0.15, 0.2) is 40.9 Å². The van der Waals surface area contributed by atoms with Crippen molar-refractivity contribution in [3.63, 3.8) is 0 Å². The minimum atomic E-state index is -0.142. The Kier molecular flexibility index (Phi) is 4.74. The van der Waals surface area contributed by atoms with Gasteiger partial charge < -0.3 is 11.1 Å². The predicted molar refractivity (Wildman–Crippen MR) is 83.3 cm³/mol. The van der Waals surface area contributed by atoms with Crippen LogP contribution in [0.4, 0.5) is 5.82 Å². The van der Waals surface area contributed by atoms with E-state index >= 15 is 0 Å². The molecule has 0 saturated carbocycles. The van der Waals surface area contributed by atoms with Crippen LogP contribution in [-0.2, 0) is 13.0 Å². The summed E-state index contributed by atoms with van der Waals surface area (Å²) in [5, 5.41) is 2.88. The second-order valence-corrected chi connectivity index (χ2v) is 5.35. The molecule has 1 heterocycles. The van der Waals surface area contributed by atoms with Crippen LogP contribution in [0.5, 0.6) is 0 Å². The van der Waals surface area contributed by atoms with Crippen molar-refractivity contribution in [2.75, 3.05) is 5.73 Å². The third kappa shape index (κ3) is 3.81. The predicted octanol–water partition coefficient (Wildman–Crippen LogP) is 2.92. The molecule has 3 N–H and O–H groups in total. The summed E-state index contributed by atoms with van der Waals surface area (Å²) in [5.41, 5.74) is 8.11. The van der Waals surface area contributed by atoms with Crippen molar-refractivity contribution in [3.05, 3.63) is 57.7 Å². The fourth-order valence-corrected chi connectivity index (χ4v) is 2.07. The van der Waals surface area contributed by atoms with Crippen LogP contribution in [0.2, 0.25) is 0 Å². The van der Waals surface area contributed by atoms with Crippen molar-refractivity contribution in [2.24, 2.45) is 0 Å². The maximum Gasteiger partial charge on any atom is 0.251 e. The molecule has 1 aromatic carbocycles. The van der Waals surface area contributed by atoms with Gasteiger partial charge in [0, 0.05) is 22.3 Å². The minimum absolute atomic E-state index is 0.142. The first-order valence-electron chi connectivity index (χ1n) is 6.37. The van der Waals surface area contributed by atoms with Crippen molar-refractivity contribution in [3.8, 4) is 0 Å². The van der Waals surface area contributed by atoms with Gasteiger partial charge in [0.1, 0.15) is 5.82 Å². The largest absolute Gasteiger partial charge is 0.384 e. The zero-order chi connectivity index (χ0) is 14.5. The number of nitrogens with two attached hydrogens (primary N) is 1. The Morgan fingerprint density at radius 3 is 2.65 bits per heavy atom. The summed E-state index contributed by atoms with van der Waals surface area (Å²) in [4.78, 5) is 16.3. The summed E-state index contributed by atoms with van der Waals surface area (Å²) < 4.78 is 1.02. The first-order valence-corrected chi connectivity index (χ1v) is 7.17. The highest BCUT2D eigenvalue weighted by Gasteiger charge is 2.08. The number of nitrogen functional groups attached to an aromatic ring is 1.